The van der Waals surface area contributed by atoms with Gasteiger partial charge in [-0.3, -0.25) is 4.79 Å². The molecule has 0 radical (unpaired) electrons. The molecule has 0 spiro atoms. The Hall–Kier alpha value is -0.650. The van der Waals surface area contributed by atoms with Crippen molar-refractivity contribution >= 4 is 5.91 Å². The molecular weight excluding hydrogens is 186 g/mol. The van der Waals surface area contributed by atoms with Crippen LogP contribution in [-0.2, 0) is 19.0 Å². The first-order chi connectivity index (χ1) is 6.84. The molecule has 5 heteroatoms. The van der Waals surface area contributed by atoms with E-state index < -0.39 is 0 Å². The molecule has 0 unspecified atom stereocenters. The van der Waals surface area contributed by atoms with Crippen LogP contribution < -0.4 is 0 Å². The molecule has 1 heterocycles. The van der Waals surface area contributed by atoms with E-state index in [4.69, 9.17) is 14.2 Å². The minimum Gasteiger partial charge on any atom is -0.382 e. The van der Waals surface area contributed by atoms with Crippen LogP contribution in [0.2, 0.25) is 0 Å². The normalized spacial score (nSPS) is 17.1. The number of methoxy groups -OCH3 is 1. The van der Waals surface area contributed by atoms with E-state index in [1.807, 2.05) is 0 Å². The average Bonchev–Trinajstić information content (AvgIpc) is 2.25. The highest BCUT2D eigenvalue weighted by Crippen LogP contribution is 1.97. The van der Waals surface area contributed by atoms with Crippen LogP contribution in [0.25, 0.3) is 0 Å². The smallest absolute Gasteiger partial charge is 0.248 e. The minimum absolute atomic E-state index is 0.0319. The maximum absolute atomic E-state index is 11.5. The number of morpholine rings is 1. The summed E-state index contributed by atoms with van der Waals surface area (Å²) in [7, 11) is 1.60. The van der Waals surface area contributed by atoms with Crippen LogP contribution in [0, 0.1) is 0 Å². The van der Waals surface area contributed by atoms with E-state index in [1.165, 1.54) is 0 Å². The number of hydrogen-bond donors (Lipinski definition) is 0. The zero-order valence-corrected chi connectivity index (χ0v) is 8.53. The predicted molar refractivity (Wildman–Crippen MR) is 50.1 cm³/mol. The second-order valence-electron chi connectivity index (χ2n) is 3.04. The molecular formula is C9H17NO4. The van der Waals surface area contributed by atoms with E-state index in [2.05, 4.69) is 0 Å². The summed E-state index contributed by atoms with van der Waals surface area (Å²) >= 11 is 0. The molecule has 1 fully saturated rings. The minimum atomic E-state index is 0.0319. The van der Waals surface area contributed by atoms with Gasteiger partial charge in [0.25, 0.3) is 0 Å². The van der Waals surface area contributed by atoms with Crippen molar-refractivity contribution in [2.75, 3.05) is 53.2 Å². The number of carbonyl (C=O) groups excluding carboxylic acids is 1. The van der Waals surface area contributed by atoms with Gasteiger partial charge in [0.2, 0.25) is 5.91 Å². The first-order valence-electron chi connectivity index (χ1n) is 4.77. The lowest BCUT2D eigenvalue weighted by Gasteiger charge is -2.26. The monoisotopic (exact) mass is 203 g/mol. The van der Waals surface area contributed by atoms with E-state index in [9.17, 15) is 4.79 Å². The quantitative estimate of drug-likeness (QED) is 0.566. The summed E-state index contributed by atoms with van der Waals surface area (Å²) in [5, 5.41) is 0. The van der Waals surface area contributed by atoms with Gasteiger partial charge in [0, 0.05) is 20.2 Å². The van der Waals surface area contributed by atoms with Crippen LogP contribution in [0.1, 0.15) is 0 Å². The lowest BCUT2D eigenvalue weighted by atomic mass is 10.4. The van der Waals surface area contributed by atoms with Crippen LogP contribution in [0.3, 0.4) is 0 Å². The van der Waals surface area contributed by atoms with Gasteiger partial charge in [-0.25, -0.2) is 0 Å². The number of carbonyl (C=O) groups is 1. The highest BCUT2D eigenvalue weighted by atomic mass is 16.5. The molecule has 0 aromatic rings. The van der Waals surface area contributed by atoms with Crippen molar-refractivity contribution in [2.24, 2.45) is 0 Å². The molecule has 5 nitrogen and oxygen atoms in total. The van der Waals surface area contributed by atoms with Crippen molar-refractivity contribution in [3.05, 3.63) is 0 Å². The molecule has 1 amide bonds. The van der Waals surface area contributed by atoms with Gasteiger partial charge >= 0.3 is 0 Å². The summed E-state index contributed by atoms with van der Waals surface area (Å²) in [4.78, 5) is 13.2. The summed E-state index contributed by atoms with van der Waals surface area (Å²) in [6.07, 6.45) is 0. The number of nitrogens with zero attached hydrogens (tertiary/aromatic N) is 1. The molecule has 0 bridgehead atoms. The van der Waals surface area contributed by atoms with Gasteiger partial charge in [0.15, 0.2) is 0 Å². The number of ether oxygens (including phenoxy) is 3. The summed E-state index contributed by atoms with van der Waals surface area (Å²) in [5.74, 6) is 0.0319. The molecule has 14 heavy (non-hydrogen) atoms. The van der Waals surface area contributed by atoms with Gasteiger partial charge < -0.3 is 19.1 Å². The Morgan fingerprint density at radius 1 is 1.36 bits per heavy atom. The van der Waals surface area contributed by atoms with Gasteiger partial charge in [0.1, 0.15) is 6.61 Å². The molecule has 0 aromatic carbocycles. The first kappa shape index (κ1) is 11.4. The van der Waals surface area contributed by atoms with Crippen molar-refractivity contribution in [3.63, 3.8) is 0 Å². The lowest BCUT2D eigenvalue weighted by molar-refractivity contribution is -0.140. The van der Waals surface area contributed by atoms with Gasteiger partial charge in [-0.15, -0.1) is 0 Å². The Morgan fingerprint density at radius 3 is 2.71 bits per heavy atom. The van der Waals surface area contributed by atoms with Gasteiger partial charge in [-0.1, -0.05) is 0 Å². The Morgan fingerprint density at radius 2 is 2.07 bits per heavy atom. The van der Waals surface area contributed by atoms with Crippen LogP contribution in [0.15, 0.2) is 0 Å². The van der Waals surface area contributed by atoms with Crippen molar-refractivity contribution in [1.82, 2.24) is 4.90 Å². The molecule has 0 atom stereocenters. The molecule has 1 rings (SSSR count). The molecule has 1 aliphatic heterocycles. The summed E-state index contributed by atoms with van der Waals surface area (Å²) in [5.41, 5.74) is 0. The molecule has 1 saturated heterocycles. The Bertz CT molecular complexity index is 168. The standard InChI is InChI=1S/C9H17NO4/c1-12-6-7-14-8-9(11)10-2-4-13-5-3-10/h2-8H2,1H3. The molecule has 82 valence electrons. The van der Waals surface area contributed by atoms with Gasteiger partial charge in [-0.05, 0) is 0 Å². The van der Waals surface area contributed by atoms with Crippen molar-refractivity contribution in [2.45, 2.75) is 0 Å². The fraction of sp³-hybridized carbons (Fsp3) is 0.889. The van der Waals surface area contributed by atoms with Gasteiger partial charge in [-0.2, -0.15) is 0 Å². The fourth-order valence-corrected chi connectivity index (χ4v) is 1.21. The molecule has 0 saturated carbocycles. The van der Waals surface area contributed by atoms with Crippen molar-refractivity contribution < 1.29 is 19.0 Å². The molecule has 0 aliphatic carbocycles. The highest BCUT2D eigenvalue weighted by molar-refractivity contribution is 5.77. The third-order valence-electron chi connectivity index (χ3n) is 2.02. The third kappa shape index (κ3) is 4.04. The SMILES string of the molecule is COCCOCC(=O)N1CCOCC1. The summed E-state index contributed by atoms with van der Waals surface area (Å²) in [6.45, 7) is 3.74. The maximum atomic E-state index is 11.5. The molecule has 0 aromatic heterocycles. The zero-order valence-electron chi connectivity index (χ0n) is 8.53. The maximum Gasteiger partial charge on any atom is 0.248 e. The Balaban J connectivity index is 2.07. The van der Waals surface area contributed by atoms with Crippen molar-refractivity contribution in [3.8, 4) is 0 Å². The van der Waals surface area contributed by atoms with E-state index in [0.29, 0.717) is 39.5 Å². The molecule has 0 N–H and O–H groups in total. The van der Waals surface area contributed by atoms with Crippen LogP contribution in [-0.4, -0.2) is 64.0 Å². The van der Waals surface area contributed by atoms with Crippen LogP contribution >= 0.6 is 0 Å². The number of hydrogen-bond acceptors (Lipinski definition) is 4. The van der Waals surface area contributed by atoms with Crippen LogP contribution in [0.5, 0.6) is 0 Å². The second-order valence-corrected chi connectivity index (χ2v) is 3.04. The second kappa shape index (κ2) is 6.75. The summed E-state index contributed by atoms with van der Waals surface area (Å²) in [6, 6.07) is 0. The number of rotatable bonds is 5. The topological polar surface area (TPSA) is 48.0 Å². The average molecular weight is 203 g/mol. The zero-order chi connectivity index (χ0) is 10.2. The first-order valence-corrected chi connectivity index (χ1v) is 4.77. The predicted octanol–water partition coefficient (Wildman–Crippen LogP) is -0.492. The Kier molecular flexibility index (Phi) is 5.51. The van der Waals surface area contributed by atoms with E-state index in [0.717, 1.165) is 0 Å². The number of amides is 1. The largest absolute Gasteiger partial charge is 0.382 e. The fourth-order valence-electron chi connectivity index (χ4n) is 1.21. The molecule has 1 aliphatic rings. The lowest BCUT2D eigenvalue weighted by Crippen LogP contribution is -2.42. The van der Waals surface area contributed by atoms with E-state index >= 15 is 0 Å². The Labute approximate surface area is 83.9 Å². The highest BCUT2D eigenvalue weighted by Gasteiger charge is 2.16. The third-order valence-corrected chi connectivity index (χ3v) is 2.02. The van der Waals surface area contributed by atoms with E-state index in [1.54, 1.807) is 12.0 Å². The summed E-state index contributed by atoms with van der Waals surface area (Å²) < 4.78 is 15.1. The van der Waals surface area contributed by atoms with Crippen molar-refractivity contribution in [1.29, 1.82) is 0 Å². The van der Waals surface area contributed by atoms with Gasteiger partial charge in [0.05, 0.1) is 26.4 Å². The van der Waals surface area contributed by atoms with E-state index in [-0.39, 0.29) is 12.5 Å². The van der Waals surface area contributed by atoms with Crippen LogP contribution in [0.4, 0.5) is 0 Å².